The maximum atomic E-state index is 6.16. The van der Waals surface area contributed by atoms with Crippen LogP contribution in [0, 0.1) is 0 Å². The predicted octanol–water partition coefficient (Wildman–Crippen LogP) is 2.20. The van der Waals surface area contributed by atoms with Crippen molar-refractivity contribution in [3.63, 3.8) is 0 Å². The van der Waals surface area contributed by atoms with Crippen molar-refractivity contribution in [3.8, 4) is 5.88 Å². The molecule has 4 rings (SSSR count). The average molecular weight is 378 g/mol. The predicted molar refractivity (Wildman–Crippen MR) is 99.2 cm³/mol. The Morgan fingerprint density at radius 2 is 2.00 bits per heavy atom. The highest BCUT2D eigenvalue weighted by atomic mass is 35.5. The van der Waals surface area contributed by atoms with Gasteiger partial charge in [-0.25, -0.2) is 4.98 Å². The molecule has 3 aromatic rings. The number of rotatable bonds is 5. The normalized spacial score (nSPS) is 15.3. The molecule has 4 heterocycles. The number of furan rings is 1. The third kappa shape index (κ3) is 3.40. The third-order valence-corrected chi connectivity index (χ3v) is 4.38. The molecule has 0 atom stereocenters. The molecule has 0 bridgehead atoms. The monoisotopic (exact) mass is 377 g/mol. The summed E-state index contributed by atoms with van der Waals surface area (Å²) in [5.74, 6) is 1.20. The summed E-state index contributed by atoms with van der Waals surface area (Å²) in [5, 5.41) is 0.978. The number of morpholine rings is 1. The van der Waals surface area contributed by atoms with Gasteiger partial charge in [-0.2, -0.15) is 9.97 Å². The first-order chi connectivity index (χ1) is 12.6. The molecule has 0 radical (unpaired) electrons. The Morgan fingerprint density at radius 3 is 2.77 bits per heavy atom. The summed E-state index contributed by atoms with van der Waals surface area (Å²) in [7, 11) is 3.99. The van der Waals surface area contributed by atoms with Crippen LogP contribution in [0.2, 0.25) is 5.28 Å². The van der Waals surface area contributed by atoms with Gasteiger partial charge >= 0.3 is 0 Å². The van der Waals surface area contributed by atoms with Crippen LogP contribution in [0.15, 0.2) is 16.5 Å². The minimum absolute atomic E-state index is 0.188. The van der Waals surface area contributed by atoms with Crippen LogP contribution in [0.1, 0.15) is 0 Å². The van der Waals surface area contributed by atoms with Crippen molar-refractivity contribution in [2.45, 2.75) is 0 Å². The second-order valence-corrected chi connectivity index (χ2v) is 6.69. The Kier molecular flexibility index (Phi) is 4.80. The Labute approximate surface area is 155 Å². The van der Waals surface area contributed by atoms with E-state index >= 15 is 0 Å². The van der Waals surface area contributed by atoms with Gasteiger partial charge in [0.05, 0.1) is 18.6 Å². The molecular weight excluding hydrogens is 358 g/mol. The van der Waals surface area contributed by atoms with Gasteiger partial charge in [0.1, 0.15) is 12.1 Å². The topological polar surface area (TPSA) is 76.8 Å². The summed E-state index contributed by atoms with van der Waals surface area (Å²) in [6.45, 7) is 4.10. The molecule has 1 fully saturated rings. The number of pyridine rings is 1. The zero-order valence-electron chi connectivity index (χ0n) is 14.7. The minimum Gasteiger partial charge on any atom is -0.476 e. The van der Waals surface area contributed by atoms with E-state index in [9.17, 15) is 0 Å². The molecule has 1 aliphatic heterocycles. The molecule has 1 aliphatic rings. The van der Waals surface area contributed by atoms with E-state index < -0.39 is 0 Å². The van der Waals surface area contributed by atoms with Crippen molar-refractivity contribution in [2.75, 3.05) is 58.5 Å². The highest BCUT2D eigenvalue weighted by Gasteiger charge is 2.22. The van der Waals surface area contributed by atoms with Crippen molar-refractivity contribution in [3.05, 3.63) is 17.4 Å². The molecule has 0 aromatic carbocycles. The second-order valence-electron chi connectivity index (χ2n) is 6.35. The molecule has 9 heteroatoms. The zero-order chi connectivity index (χ0) is 18.1. The molecule has 0 N–H and O–H groups in total. The Morgan fingerprint density at radius 1 is 1.19 bits per heavy atom. The molecule has 3 aromatic heterocycles. The number of hydrogen-bond donors (Lipinski definition) is 0. The lowest BCUT2D eigenvalue weighted by Gasteiger charge is -2.27. The summed E-state index contributed by atoms with van der Waals surface area (Å²) in [6.07, 6.45) is 0. The number of fused-ring (bicyclic) bond motifs is 3. The minimum atomic E-state index is 0.188. The fourth-order valence-corrected chi connectivity index (χ4v) is 3.03. The Hall–Kier alpha value is -2.16. The number of likely N-dealkylation sites (N-methyl/N-ethyl adjacent to an activating group) is 1. The molecule has 0 aliphatic carbocycles. The van der Waals surface area contributed by atoms with Crippen LogP contribution in [0.4, 0.5) is 5.82 Å². The molecule has 8 nitrogen and oxygen atoms in total. The summed E-state index contributed by atoms with van der Waals surface area (Å²) in [4.78, 5) is 17.3. The summed E-state index contributed by atoms with van der Waals surface area (Å²) < 4.78 is 17.1. The quantitative estimate of drug-likeness (QED) is 0.626. The zero-order valence-corrected chi connectivity index (χ0v) is 15.5. The number of ether oxygens (including phenoxy) is 2. The Balaban J connectivity index is 1.72. The van der Waals surface area contributed by atoms with E-state index in [4.69, 9.17) is 25.5 Å². The summed E-state index contributed by atoms with van der Waals surface area (Å²) >= 11 is 6.16. The summed E-state index contributed by atoms with van der Waals surface area (Å²) in [5.41, 5.74) is 1.71. The highest BCUT2D eigenvalue weighted by Crippen LogP contribution is 2.34. The number of anilines is 1. The van der Waals surface area contributed by atoms with Gasteiger partial charge in [-0.05, 0) is 31.8 Å². The maximum Gasteiger partial charge on any atom is 0.232 e. The van der Waals surface area contributed by atoms with Crippen LogP contribution in [-0.4, -0.2) is 73.4 Å². The van der Waals surface area contributed by atoms with Crippen molar-refractivity contribution in [1.29, 1.82) is 0 Å². The first-order valence-corrected chi connectivity index (χ1v) is 8.86. The molecule has 26 heavy (non-hydrogen) atoms. The smallest absolute Gasteiger partial charge is 0.232 e. The molecule has 0 amide bonds. The second kappa shape index (κ2) is 7.22. The van der Waals surface area contributed by atoms with Gasteiger partial charge in [-0.15, -0.1) is 0 Å². The molecular formula is C17H20ClN5O3. The van der Waals surface area contributed by atoms with E-state index in [1.807, 2.05) is 31.1 Å². The van der Waals surface area contributed by atoms with Crippen molar-refractivity contribution >= 4 is 39.6 Å². The summed E-state index contributed by atoms with van der Waals surface area (Å²) in [6, 6.07) is 3.71. The highest BCUT2D eigenvalue weighted by molar-refractivity contribution is 6.29. The van der Waals surface area contributed by atoms with Gasteiger partial charge in [-0.3, -0.25) is 0 Å². The lowest BCUT2D eigenvalue weighted by atomic mass is 10.3. The van der Waals surface area contributed by atoms with Crippen molar-refractivity contribution in [1.82, 2.24) is 19.9 Å². The van der Waals surface area contributed by atoms with E-state index in [1.165, 1.54) is 0 Å². The lowest BCUT2D eigenvalue weighted by Crippen LogP contribution is -2.36. The molecule has 0 saturated carbocycles. The third-order valence-electron chi connectivity index (χ3n) is 4.21. The van der Waals surface area contributed by atoms with E-state index in [-0.39, 0.29) is 5.28 Å². The van der Waals surface area contributed by atoms with Crippen LogP contribution >= 0.6 is 11.6 Å². The average Bonchev–Trinajstić information content (AvgIpc) is 2.99. The van der Waals surface area contributed by atoms with Crippen LogP contribution in [0.25, 0.3) is 22.2 Å². The SMILES string of the molecule is CN(C)CCOc1ccc2c(n1)oc1c(N3CCOCC3)nc(Cl)nc12. The van der Waals surface area contributed by atoms with Crippen LogP contribution in [0.3, 0.4) is 0 Å². The van der Waals surface area contributed by atoms with E-state index in [0.717, 1.165) is 25.0 Å². The lowest BCUT2D eigenvalue weighted by molar-refractivity contribution is 0.122. The first kappa shape index (κ1) is 17.3. The molecule has 138 valence electrons. The Bertz CT molecular complexity index is 924. The maximum absolute atomic E-state index is 6.16. The van der Waals surface area contributed by atoms with E-state index in [2.05, 4.69) is 19.9 Å². The van der Waals surface area contributed by atoms with Gasteiger partial charge in [0.15, 0.2) is 11.4 Å². The van der Waals surface area contributed by atoms with E-state index in [1.54, 1.807) is 0 Å². The number of nitrogens with zero attached hydrogens (tertiary/aromatic N) is 5. The van der Waals surface area contributed by atoms with Crippen molar-refractivity contribution in [2.24, 2.45) is 0 Å². The van der Waals surface area contributed by atoms with Gasteiger partial charge in [-0.1, -0.05) is 0 Å². The van der Waals surface area contributed by atoms with Crippen molar-refractivity contribution < 1.29 is 13.9 Å². The molecule has 1 saturated heterocycles. The van der Waals surface area contributed by atoms with Gasteiger partial charge in [0, 0.05) is 25.7 Å². The number of hydrogen-bond acceptors (Lipinski definition) is 8. The standard InChI is InChI=1S/C17H20ClN5O3/c1-22(2)5-10-25-12-4-3-11-13-14(26-16(11)19-12)15(21-17(18)20-13)23-6-8-24-9-7-23/h3-4H,5-10H2,1-2H3. The first-order valence-electron chi connectivity index (χ1n) is 8.49. The molecule has 0 unspecified atom stereocenters. The fraction of sp³-hybridized carbons (Fsp3) is 0.471. The number of halogens is 1. The van der Waals surface area contributed by atoms with Gasteiger partial charge < -0.3 is 23.7 Å². The number of aromatic nitrogens is 3. The largest absolute Gasteiger partial charge is 0.476 e. The van der Waals surface area contributed by atoms with E-state index in [0.29, 0.717) is 48.3 Å². The van der Waals surface area contributed by atoms with Gasteiger partial charge in [0.2, 0.25) is 16.9 Å². The van der Waals surface area contributed by atoms with Crippen LogP contribution in [0.5, 0.6) is 5.88 Å². The fourth-order valence-electron chi connectivity index (χ4n) is 2.87. The van der Waals surface area contributed by atoms with Crippen LogP contribution < -0.4 is 9.64 Å². The molecule has 0 spiro atoms. The van der Waals surface area contributed by atoms with Gasteiger partial charge in [0.25, 0.3) is 0 Å². The van der Waals surface area contributed by atoms with Crippen LogP contribution in [-0.2, 0) is 4.74 Å².